The number of benzene rings is 1. The maximum atomic E-state index is 12.4. The van der Waals surface area contributed by atoms with Crippen LogP contribution in [0, 0.1) is 0 Å². The molecule has 0 saturated heterocycles. The number of anilines is 1. The van der Waals surface area contributed by atoms with Gasteiger partial charge in [0.2, 0.25) is 5.91 Å². The molecule has 0 aromatic heterocycles. The number of carbonyl (C=O) groups excluding carboxylic acids is 1. The van der Waals surface area contributed by atoms with Gasteiger partial charge in [0, 0.05) is 18.7 Å². The van der Waals surface area contributed by atoms with Crippen molar-refractivity contribution in [3.8, 4) is 5.75 Å². The van der Waals surface area contributed by atoms with E-state index in [1.807, 2.05) is 6.92 Å². The van der Waals surface area contributed by atoms with Crippen LogP contribution in [0.1, 0.15) is 19.8 Å². The van der Waals surface area contributed by atoms with Crippen molar-refractivity contribution in [2.75, 3.05) is 25.1 Å². The standard InChI is InChI=1S/C14H20N2O4S/c1-3-16(10-4-5-10)14(17)9-21(18,19)13-8-11(20-2)6-7-12(13)15/h6-8,10H,3-5,9,15H2,1-2H3. The Morgan fingerprint density at radius 2 is 2.10 bits per heavy atom. The van der Waals surface area contributed by atoms with E-state index >= 15 is 0 Å². The molecule has 1 saturated carbocycles. The average Bonchev–Trinajstić information content (AvgIpc) is 3.24. The van der Waals surface area contributed by atoms with E-state index in [0.29, 0.717) is 12.3 Å². The van der Waals surface area contributed by atoms with Gasteiger partial charge in [-0.15, -0.1) is 0 Å². The lowest BCUT2D eigenvalue weighted by Crippen LogP contribution is -2.37. The molecule has 1 fully saturated rings. The SMILES string of the molecule is CCN(C(=O)CS(=O)(=O)c1cc(OC)ccc1N)C1CC1. The van der Waals surface area contributed by atoms with Crippen molar-refractivity contribution in [1.29, 1.82) is 0 Å². The monoisotopic (exact) mass is 312 g/mol. The normalized spacial score (nSPS) is 14.8. The molecule has 1 aromatic rings. The van der Waals surface area contributed by atoms with Gasteiger partial charge in [0.25, 0.3) is 0 Å². The van der Waals surface area contributed by atoms with Crippen molar-refractivity contribution in [2.45, 2.75) is 30.7 Å². The molecule has 0 heterocycles. The van der Waals surface area contributed by atoms with Crippen molar-refractivity contribution >= 4 is 21.4 Å². The molecule has 2 rings (SSSR count). The largest absolute Gasteiger partial charge is 0.497 e. The summed E-state index contributed by atoms with van der Waals surface area (Å²) >= 11 is 0. The van der Waals surface area contributed by atoms with E-state index in [1.54, 1.807) is 11.0 Å². The molecule has 0 radical (unpaired) electrons. The molecule has 0 bridgehead atoms. The Bertz CT molecular complexity index is 638. The number of ether oxygens (including phenoxy) is 1. The van der Waals surface area contributed by atoms with Crippen LogP contribution in [0.25, 0.3) is 0 Å². The van der Waals surface area contributed by atoms with E-state index in [9.17, 15) is 13.2 Å². The van der Waals surface area contributed by atoms with Crippen LogP contribution in [0.4, 0.5) is 5.69 Å². The van der Waals surface area contributed by atoms with E-state index in [1.165, 1.54) is 19.2 Å². The fourth-order valence-corrected chi connectivity index (χ4v) is 3.63. The van der Waals surface area contributed by atoms with Crippen molar-refractivity contribution in [1.82, 2.24) is 4.90 Å². The Balaban J connectivity index is 2.23. The summed E-state index contributed by atoms with van der Waals surface area (Å²) in [6.45, 7) is 2.37. The van der Waals surface area contributed by atoms with Gasteiger partial charge in [-0.1, -0.05) is 0 Å². The maximum Gasteiger partial charge on any atom is 0.238 e. The van der Waals surface area contributed by atoms with Gasteiger partial charge in [0.1, 0.15) is 11.5 Å². The van der Waals surface area contributed by atoms with Gasteiger partial charge >= 0.3 is 0 Å². The number of rotatable bonds is 6. The van der Waals surface area contributed by atoms with Gasteiger partial charge in [-0.25, -0.2) is 8.42 Å². The second kappa shape index (κ2) is 5.93. The Hall–Kier alpha value is -1.76. The number of nitrogens with two attached hydrogens (primary N) is 1. The van der Waals surface area contributed by atoms with E-state index in [4.69, 9.17) is 10.5 Å². The molecule has 21 heavy (non-hydrogen) atoms. The molecule has 0 aliphatic heterocycles. The summed E-state index contributed by atoms with van der Waals surface area (Å²) in [5.74, 6) is -0.540. The molecule has 0 spiro atoms. The van der Waals surface area contributed by atoms with Gasteiger partial charge in [0.05, 0.1) is 17.7 Å². The number of carbonyl (C=O) groups is 1. The predicted octanol–water partition coefficient (Wildman–Crippen LogP) is 1.06. The highest BCUT2D eigenvalue weighted by atomic mass is 32.2. The smallest absolute Gasteiger partial charge is 0.238 e. The van der Waals surface area contributed by atoms with E-state index < -0.39 is 15.6 Å². The number of amides is 1. The molecule has 0 atom stereocenters. The summed E-state index contributed by atoms with van der Waals surface area (Å²) in [6.07, 6.45) is 1.89. The summed E-state index contributed by atoms with van der Waals surface area (Å²) in [4.78, 5) is 13.8. The Labute approximate surface area is 124 Å². The van der Waals surface area contributed by atoms with Crippen LogP contribution >= 0.6 is 0 Å². The van der Waals surface area contributed by atoms with Crippen molar-refractivity contribution in [2.24, 2.45) is 0 Å². The van der Waals surface area contributed by atoms with Crippen LogP contribution in [-0.2, 0) is 14.6 Å². The maximum absolute atomic E-state index is 12.4. The summed E-state index contributed by atoms with van der Waals surface area (Å²) in [5, 5.41) is 0. The first-order valence-corrected chi connectivity index (χ1v) is 8.50. The number of hydrogen-bond acceptors (Lipinski definition) is 5. The van der Waals surface area contributed by atoms with Gasteiger partial charge in [-0.2, -0.15) is 0 Å². The van der Waals surface area contributed by atoms with E-state index in [-0.39, 0.29) is 22.5 Å². The molecule has 1 amide bonds. The minimum Gasteiger partial charge on any atom is -0.497 e. The zero-order valence-corrected chi connectivity index (χ0v) is 13.0. The first-order valence-electron chi connectivity index (χ1n) is 6.84. The van der Waals surface area contributed by atoms with Gasteiger partial charge in [-0.05, 0) is 31.9 Å². The van der Waals surface area contributed by atoms with Crippen LogP contribution in [0.15, 0.2) is 23.1 Å². The highest BCUT2D eigenvalue weighted by Gasteiger charge is 2.34. The summed E-state index contributed by atoms with van der Waals surface area (Å²) in [5.41, 5.74) is 5.85. The fourth-order valence-electron chi connectivity index (χ4n) is 2.26. The number of sulfone groups is 1. The quantitative estimate of drug-likeness (QED) is 0.793. The Morgan fingerprint density at radius 1 is 1.43 bits per heavy atom. The second-order valence-electron chi connectivity index (χ2n) is 5.07. The summed E-state index contributed by atoms with van der Waals surface area (Å²) < 4.78 is 29.8. The zero-order chi connectivity index (χ0) is 15.6. The second-order valence-corrected chi connectivity index (χ2v) is 7.03. The van der Waals surface area contributed by atoms with E-state index in [0.717, 1.165) is 12.8 Å². The lowest BCUT2D eigenvalue weighted by atomic mass is 10.3. The molecule has 6 nitrogen and oxygen atoms in total. The molecule has 1 aliphatic rings. The van der Waals surface area contributed by atoms with Crippen molar-refractivity contribution in [3.63, 3.8) is 0 Å². The van der Waals surface area contributed by atoms with Crippen LogP contribution in [-0.4, -0.2) is 44.7 Å². The van der Waals surface area contributed by atoms with Gasteiger partial charge < -0.3 is 15.4 Å². The number of nitrogens with zero attached hydrogens (tertiary/aromatic N) is 1. The fraction of sp³-hybridized carbons (Fsp3) is 0.500. The van der Waals surface area contributed by atoms with E-state index in [2.05, 4.69) is 0 Å². The molecule has 1 aromatic carbocycles. The minimum absolute atomic E-state index is 0.0537. The van der Waals surface area contributed by atoms with Crippen LogP contribution in [0.3, 0.4) is 0 Å². The summed E-state index contributed by atoms with van der Waals surface area (Å²) in [6, 6.07) is 4.60. The first kappa shape index (κ1) is 15.6. The number of nitrogen functional groups attached to an aromatic ring is 1. The van der Waals surface area contributed by atoms with Crippen molar-refractivity contribution in [3.05, 3.63) is 18.2 Å². The molecule has 0 unspecified atom stereocenters. The molecule has 2 N–H and O–H groups in total. The lowest BCUT2D eigenvalue weighted by molar-refractivity contribution is -0.128. The first-order chi connectivity index (χ1) is 9.89. The molecule has 1 aliphatic carbocycles. The van der Waals surface area contributed by atoms with Gasteiger partial charge in [-0.3, -0.25) is 4.79 Å². The highest BCUT2D eigenvalue weighted by molar-refractivity contribution is 7.92. The molecular weight excluding hydrogens is 292 g/mol. The number of methoxy groups -OCH3 is 1. The predicted molar refractivity (Wildman–Crippen MR) is 79.9 cm³/mol. The number of hydrogen-bond donors (Lipinski definition) is 1. The Kier molecular flexibility index (Phi) is 4.41. The van der Waals surface area contributed by atoms with Gasteiger partial charge in [0.15, 0.2) is 9.84 Å². The van der Waals surface area contributed by atoms with Crippen molar-refractivity contribution < 1.29 is 17.9 Å². The minimum atomic E-state index is -3.78. The van der Waals surface area contributed by atoms with Crippen LogP contribution in [0.2, 0.25) is 0 Å². The highest BCUT2D eigenvalue weighted by Crippen LogP contribution is 2.28. The third-order valence-corrected chi connectivity index (χ3v) is 5.17. The van der Waals surface area contributed by atoms with Crippen LogP contribution < -0.4 is 10.5 Å². The third kappa shape index (κ3) is 3.47. The Morgan fingerprint density at radius 3 is 2.62 bits per heavy atom. The lowest BCUT2D eigenvalue weighted by Gasteiger charge is -2.20. The summed E-state index contributed by atoms with van der Waals surface area (Å²) in [7, 11) is -2.34. The molecule has 7 heteroatoms. The molecular formula is C14H20N2O4S. The third-order valence-electron chi connectivity index (χ3n) is 3.52. The average molecular weight is 312 g/mol. The topological polar surface area (TPSA) is 89.7 Å². The zero-order valence-electron chi connectivity index (χ0n) is 12.2. The van der Waals surface area contributed by atoms with Crippen LogP contribution in [0.5, 0.6) is 5.75 Å². The molecule has 116 valence electrons.